The van der Waals surface area contributed by atoms with E-state index < -0.39 is 0 Å². The van der Waals surface area contributed by atoms with Crippen LogP contribution in [0.5, 0.6) is 5.88 Å². The maximum absolute atomic E-state index is 5.07. The van der Waals surface area contributed by atoms with Crippen LogP contribution in [0.3, 0.4) is 0 Å². The van der Waals surface area contributed by atoms with Crippen molar-refractivity contribution in [1.29, 1.82) is 0 Å². The van der Waals surface area contributed by atoms with Crippen LogP contribution in [0.25, 0.3) is 0 Å². The number of nitrogens with zero attached hydrogens (tertiary/aromatic N) is 4. The lowest BCUT2D eigenvalue weighted by Gasteiger charge is -2.22. The maximum Gasteiger partial charge on any atom is 0.230 e. The van der Waals surface area contributed by atoms with E-state index in [1.54, 1.807) is 25.6 Å². The summed E-state index contributed by atoms with van der Waals surface area (Å²) >= 11 is 0. The first-order valence-electron chi connectivity index (χ1n) is 6.74. The van der Waals surface area contributed by atoms with Gasteiger partial charge in [0.15, 0.2) is 0 Å². The summed E-state index contributed by atoms with van der Waals surface area (Å²) in [4.78, 5) is 8.37. The molecule has 1 aliphatic rings. The number of hydrogen-bond donors (Lipinski definition) is 2. The summed E-state index contributed by atoms with van der Waals surface area (Å²) < 4.78 is 7.09. The molecule has 1 fully saturated rings. The molecule has 0 spiro atoms. The molecule has 0 radical (unpaired) electrons. The highest BCUT2D eigenvalue weighted by Gasteiger charge is 2.15. The zero-order valence-corrected chi connectivity index (χ0v) is 11.4. The number of ether oxygens (including phenoxy) is 1. The van der Waals surface area contributed by atoms with Crippen molar-refractivity contribution in [3.63, 3.8) is 0 Å². The number of nitrogens with one attached hydrogen (secondary N) is 2. The zero-order chi connectivity index (χ0) is 13.8. The molecule has 20 heavy (non-hydrogen) atoms. The maximum atomic E-state index is 5.07. The molecule has 0 saturated carbocycles. The summed E-state index contributed by atoms with van der Waals surface area (Å²) in [6.45, 7) is 2.10. The molecule has 0 unspecified atom stereocenters. The minimum atomic E-state index is 0.470. The van der Waals surface area contributed by atoms with Crippen molar-refractivity contribution in [3.05, 3.63) is 24.7 Å². The van der Waals surface area contributed by atoms with Crippen LogP contribution in [0.1, 0.15) is 18.9 Å². The summed E-state index contributed by atoms with van der Waals surface area (Å²) in [6.07, 6.45) is 7.67. The Kier molecular flexibility index (Phi) is 3.78. The predicted octanol–water partition coefficient (Wildman–Crippen LogP) is 1.35. The van der Waals surface area contributed by atoms with Crippen molar-refractivity contribution in [1.82, 2.24) is 25.1 Å². The lowest BCUT2D eigenvalue weighted by molar-refractivity contribution is 0.343. The van der Waals surface area contributed by atoms with Crippen LogP contribution in [0, 0.1) is 0 Å². The van der Waals surface area contributed by atoms with Gasteiger partial charge in [0.2, 0.25) is 11.8 Å². The molecule has 2 N–H and O–H groups in total. The highest BCUT2D eigenvalue weighted by Crippen LogP contribution is 2.21. The van der Waals surface area contributed by atoms with Gasteiger partial charge in [-0.1, -0.05) is 0 Å². The lowest BCUT2D eigenvalue weighted by Crippen LogP contribution is -2.29. The average Bonchev–Trinajstić information content (AvgIpc) is 2.97. The molecular formula is C13H18N6O. The van der Waals surface area contributed by atoms with Crippen LogP contribution >= 0.6 is 0 Å². The van der Waals surface area contributed by atoms with Crippen molar-refractivity contribution < 1.29 is 4.74 Å². The number of piperidine rings is 1. The van der Waals surface area contributed by atoms with Gasteiger partial charge in [0.05, 0.1) is 25.0 Å². The Morgan fingerprint density at radius 3 is 3.05 bits per heavy atom. The second kappa shape index (κ2) is 5.87. The number of methoxy groups -OCH3 is 1. The smallest absolute Gasteiger partial charge is 0.230 e. The second-order valence-electron chi connectivity index (χ2n) is 4.74. The molecule has 106 valence electrons. The summed E-state index contributed by atoms with van der Waals surface area (Å²) in [7, 11) is 1.58. The van der Waals surface area contributed by atoms with E-state index in [0.29, 0.717) is 17.9 Å². The van der Waals surface area contributed by atoms with Crippen LogP contribution in [0.2, 0.25) is 0 Å². The number of anilines is 2. The summed E-state index contributed by atoms with van der Waals surface area (Å²) in [5.74, 6) is 1.04. The molecule has 3 heterocycles. The third-order valence-corrected chi connectivity index (χ3v) is 3.38. The Morgan fingerprint density at radius 1 is 1.40 bits per heavy atom. The van der Waals surface area contributed by atoms with E-state index in [1.165, 1.54) is 0 Å². The van der Waals surface area contributed by atoms with Crippen molar-refractivity contribution in [2.24, 2.45) is 0 Å². The molecule has 2 aromatic heterocycles. The van der Waals surface area contributed by atoms with Gasteiger partial charge in [-0.3, -0.25) is 4.68 Å². The highest BCUT2D eigenvalue weighted by molar-refractivity contribution is 5.50. The van der Waals surface area contributed by atoms with Gasteiger partial charge in [0, 0.05) is 18.5 Å². The molecule has 0 atom stereocenters. The molecule has 0 amide bonds. The summed E-state index contributed by atoms with van der Waals surface area (Å²) in [5.41, 5.74) is 0.886. The van der Waals surface area contributed by atoms with Crippen LogP contribution in [-0.2, 0) is 0 Å². The molecule has 3 rings (SSSR count). The van der Waals surface area contributed by atoms with E-state index >= 15 is 0 Å². The topological polar surface area (TPSA) is 76.9 Å². The van der Waals surface area contributed by atoms with Gasteiger partial charge in [0.1, 0.15) is 0 Å². The molecule has 0 bridgehead atoms. The largest absolute Gasteiger partial charge is 0.481 e. The van der Waals surface area contributed by atoms with E-state index in [0.717, 1.165) is 31.6 Å². The molecule has 1 aliphatic heterocycles. The van der Waals surface area contributed by atoms with Gasteiger partial charge < -0.3 is 15.4 Å². The quantitative estimate of drug-likeness (QED) is 0.876. The molecule has 7 nitrogen and oxygen atoms in total. The predicted molar refractivity (Wildman–Crippen MR) is 75.2 cm³/mol. The van der Waals surface area contributed by atoms with E-state index in [-0.39, 0.29) is 0 Å². The number of hydrogen-bond acceptors (Lipinski definition) is 6. The van der Waals surface area contributed by atoms with Crippen molar-refractivity contribution in [2.75, 3.05) is 25.5 Å². The monoisotopic (exact) mass is 274 g/mol. The number of aromatic nitrogens is 4. The van der Waals surface area contributed by atoms with E-state index in [2.05, 4.69) is 25.7 Å². The van der Waals surface area contributed by atoms with Crippen molar-refractivity contribution in [3.8, 4) is 5.88 Å². The molecule has 7 heteroatoms. The summed E-state index contributed by atoms with van der Waals surface area (Å²) in [6, 6.07) is 2.18. The molecule has 1 saturated heterocycles. The fourth-order valence-electron chi connectivity index (χ4n) is 2.32. The van der Waals surface area contributed by atoms with Gasteiger partial charge in [-0.05, 0) is 25.9 Å². The van der Waals surface area contributed by atoms with Crippen LogP contribution in [0.15, 0.2) is 24.7 Å². The Balaban J connectivity index is 1.70. The third-order valence-electron chi connectivity index (χ3n) is 3.38. The summed E-state index contributed by atoms with van der Waals surface area (Å²) in [5, 5.41) is 10.9. The minimum Gasteiger partial charge on any atom is -0.481 e. The van der Waals surface area contributed by atoms with Crippen LogP contribution in [0.4, 0.5) is 11.6 Å². The molecule has 2 aromatic rings. The van der Waals surface area contributed by atoms with Crippen molar-refractivity contribution in [2.45, 2.75) is 18.9 Å². The standard InChI is InChI=1S/C13H18N6O/c1-20-12-4-7-15-13(18-12)17-10-8-16-19(9-10)11-2-5-14-6-3-11/h4,7-9,11,14H,2-3,5-6H2,1H3,(H,15,17,18). The fraction of sp³-hybridized carbons (Fsp3) is 0.462. The Labute approximate surface area is 117 Å². The lowest BCUT2D eigenvalue weighted by atomic mass is 10.1. The first kappa shape index (κ1) is 12.9. The van der Waals surface area contributed by atoms with Crippen molar-refractivity contribution >= 4 is 11.6 Å². The number of rotatable bonds is 4. The van der Waals surface area contributed by atoms with E-state index in [4.69, 9.17) is 4.74 Å². The first-order chi connectivity index (χ1) is 9.85. The SMILES string of the molecule is COc1ccnc(Nc2cnn(C3CCNCC3)c2)n1. The third kappa shape index (κ3) is 2.88. The first-order valence-corrected chi connectivity index (χ1v) is 6.74. The van der Waals surface area contributed by atoms with Gasteiger partial charge >= 0.3 is 0 Å². The van der Waals surface area contributed by atoms with Gasteiger partial charge in [-0.25, -0.2) is 4.98 Å². The molecule has 0 aliphatic carbocycles. The fourth-order valence-corrected chi connectivity index (χ4v) is 2.32. The Hall–Kier alpha value is -2.15. The zero-order valence-electron chi connectivity index (χ0n) is 11.4. The van der Waals surface area contributed by atoms with Gasteiger partial charge in [0.25, 0.3) is 0 Å². The van der Waals surface area contributed by atoms with E-state index in [9.17, 15) is 0 Å². The van der Waals surface area contributed by atoms with Gasteiger partial charge in [-0.15, -0.1) is 0 Å². The Bertz CT molecular complexity index is 563. The second-order valence-corrected chi connectivity index (χ2v) is 4.74. The Morgan fingerprint density at radius 2 is 2.25 bits per heavy atom. The molecule has 0 aromatic carbocycles. The molecular weight excluding hydrogens is 256 g/mol. The normalized spacial score (nSPS) is 16.1. The van der Waals surface area contributed by atoms with Crippen LogP contribution in [-0.4, -0.2) is 39.9 Å². The minimum absolute atomic E-state index is 0.470. The average molecular weight is 274 g/mol. The highest BCUT2D eigenvalue weighted by atomic mass is 16.5. The van der Waals surface area contributed by atoms with Gasteiger partial charge in [-0.2, -0.15) is 10.1 Å². The van der Waals surface area contributed by atoms with Crippen LogP contribution < -0.4 is 15.4 Å². The van der Waals surface area contributed by atoms with E-state index in [1.807, 2.05) is 10.9 Å².